The van der Waals surface area contributed by atoms with E-state index in [0.717, 1.165) is 37.7 Å². The Balaban J connectivity index is 1.63. The van der Waals surface area contributed by atoms with Gasteiger partial charge in [-0.3, -0.25) is 4.79 Å². The standard InChI is InChI=1S/C23H24BI4N3O5/c1-12(20-10-31(2-3-32)30-29-20)4-14(24)11-35-22-18(27)8-15(9-19(22)28)36-23-16(25)5-13(6-17(23)26)7-21(33)34/h5-6,8-10,12,14,32H,2-4,7,11,24H2,1H3,(H,33,34). The zero-order chi connectivity index (χ0) is 26.4. The molecule has 0 aliphatic carbocycles. The van der Waals surface area contributed by atoms with Crippen molar-refractivity contribution in [2.75, 3.05) is 13.2 Å². The molecular weight excluding hydrogens is 917 g/mol. The van der Waals surface area contributed by atoms with E-state index in [1.54, 1.807) is 4.68 Å². The van der Waals surface area contributed by atoms with E-state index in [-0.39, 0.29) is 18.9 Å². The fourth-order valence-electron chi connectivity index (χ4n) is 3.61. The van der Waals surface area contributed by atoms with Crippen LogP contribution in [0.15, 0.2) is 30.5 Å². The lowest BCUT2D eigenvalue weighted by molar-refractivity contribution is -0.136. The van der Waals surface area contributed by atoms with Crippen molar-refractivity contribution in [2.45, 2.75) is 38.0 Å². The second-order valence-electron chi connectivity index (χ2n) is 8.46. The highest BCUT2D eigenvalue weighted by Crippen LogP contribution is 2.38. The van der Waals surface area contributed by atoms with Crippen molar-refractivity contribution in [2.24, 2.45) is 0 Å². The van der Waals surface area contributed by atoms with Crippen molar-refractivity contribution < 1.29 is 24.5 Å². The number of carbonyl (C=O) groups is 1. The van der Waals surface area contributed by atoms with E-state index in [1.807, 2.05) is 30.5 Å². The number of hydrogen-bond donors (Lipinski definition) is 2. The molecule has 0 saturated carbocycles. The second-order valence-corrected chi connectivity index (χ2v) is 13.1. The molecule has 8 nitrogen and oxygen atoms in total. The molecule has 0 spiro atoms. The van der Waals surface area contributed by atoms with Crippen LogP contribution in [0, 0.1) is 14.3 Å². The zero-order valence-corrected chi connectivity index (χ0v) is 28.2. The van der Waals surface area contributed by atoms with Crippen molar-refractivity contribution in [1.29, 1.82) is 0 Å². The number of nitrogens with zero attached hydrogens (tertiary/aromatic N) is 3. The van der Waals surface area contributed by atoms with Crippen LogP contribution in [0.2, 0.25) is 5.82 Å². The summed E-state index contributed by atoms with van der Waals surface area (Å²) >= 11 is 8.88. The summed E-state index contributed by atoms with van der Waals surface area (Å²) in [6.07, 6.45) is 2.78. The fourth-order valence-corrected chi connectivity index (χ4v) is 7.75. The van der Waals surface area contributed by atoms with Crippen molar-refractivity contribution in [3.8, 4) is 17.2 Å². The fraction of sp³-hybridized carbons (Fsp3) is 0.348. The number of carboxylic acid groups (broad SMARTS) is 1. The SMILES string of the molecule is BC(COc1c(I)cc(Oc2c(I)cc(CC(=O)O)cc2I)cc1I)CC(C)c1cn(CCO)nn1. The molecule has 192 valence electrons. The Morgan fingerprint density at radius 2 is 1.69 bits per heavy atom. The smallest absolute Gasteiger partial charge is 0.307 e. The Hall–Kier alpha value is -0.405. The molecule has 2 atom stereocenters. The first-order valence-electron chi connectivity index (χ1n) is 11.1. The van der Waals surface area contributed by atoms with Crippen LogP contribution in [0.3, 0.4) is 0 Å². The van der Waals surface area contributed by atoms with Crippen LogP contribution in [-0.4, -0.2) is 52.2 Å². The van der Waals surface area contributed by atoms with Crippen molar-refractivity contribution in [3.05, 3.63) is 56.0 Å². The highest BCUT2D eigenvalue weighted by Gasteiger charge is 2.18. The Kier molecular flexibility index (Phi) is 11.8. The number of rotatable bonds is 12. The molecule has 2 unspecified atom stereocenters. The maximum absolute atomic E-state index is 11.0. The van der Waals surface area contributed by atoms with Crippen LogP contribution >= 0.6 is 90.4 Å². The minimum atomic E-state index is -0.857. The molecule has 1 aromatic heterocycles. The van der Waals surface area contributed by atoms with Crippen molar-refractivity contribution >= 4 is 104 Å². The molecule has 0 fully saturated rings. The van der Waals surface area contributed by atoms with Gasteiger partial charge >= 0.3 is 5.97 Å². The highest BCUT2D eigenvalue weighted by atomic mass is 127. The largest absolute Gasteiger partial charge is 0.492 e. The Morgan fingerprint density at radius 1 is 1.08 bits per heavy atom. The normalized spacial score (nSPS) is 12.8. The summed E-state index contributed by atoms with van der Waals surface area (Å²) in [5.41, 5.74) is 1.66. The molecular formula is C23H24BI4N3O5. The summed E-state index contributed by atoms with van der Waals surface area (Å²) in [5, 5.41) is 26.4. The predicted molar refractivity (Wildman–Crippen MR) is 173 cm³/mol. The summed E-state index contributed by atoms with van der Waals surface area (Å²) < 4.78 is 17.7. The van der Waals surface area contributed by atoms with E-state index in [4.69, 9.17) is 19.7 Å². The molecule has 3 aromatic rings. The summed E-state index contributed by atoms with van der Waals surface area (Å²) in [6, 6.07) is 7.58. The average Bonchev–Trinajstić information content (AvgIpc) is 3.24. The van der Waals surface area contributed by atoms with Gasteiger partial charge in [0.15, 0.2) is 5.75 Å². The molecule has 2 N–H and O–H groups in total. The number of carboxylic acids is 1. The van der Waals surface area contributed by atoms with Crippen LogP contribution in [-0.2, 0) is 17.8 Å². The van der Waals surface area contributed by atoms with E-state index >= 15 is 0 Å². The number of benzene rings is 2. The lowest BCUT2D eigenvalue weighted by Gasteiger charge is -2.19. The third kappa shape index (κ3) is 8.55. The van der Waals surface area contributed by atoms with Gasteiger partial charge in [-0.05, 0) is 132 Å². The predicted octanol–water partition coefficient (Wildman–Crippen LogP) is 5.10. The summed E-state index contributed by atoms with van der Waals surface area (Å²) in [7, 11) is 2.16. The van der Waals surface area contributed by atoms with Crippen LogP contribution in [0.5, 0.6) is 17.2 Å². The molecule has 0 bridgehead atoms. The van der Waals surface area contributed by atoms with E-state index in [1.165, 1.54) is 0 Å². The maximum atomic E-state index is 11.0. The molecule has 0 aliphatic heterocycles. The van der Waals surface area contributed by atoms with Gasteiger partial charge in [-0.25, -0.2) is 4.68 Å². The van der Waals surface area contributed by atoms with Gasteiger partial charge in [0, 0.05) is 12.1 Å². The molecule has 13 heteroatoms. The topological polar surface area (TPSA) is 107 Å². The maximum Gasteiger partial charge on any atom is 0.307 e. The van der Waals surface area contributed by atoms with E-state index in [2.05, 4.69) is 115 Å². The van der Waals surface area contributed by atoms with Crippen LogP contribution in [0.1, 0.15) is 30.5 Å². The van der Waals surface area contributed by atoms with Gasteiger partial charge < -0.3 is 19.7 Å². The van der Waals surface area contributed by atoms with E-state index < -0.39 is 5.97 Å². The number of hydrogen-bond acceptors (Lipinski definition) is 6. The first kappa shape index (κ1) is 30.1. The van der Waals surface area contributed by atoms with Gasteiger partial charge in [0.2, 0.25) is 0 Å². The van der Waals surface area contributed by atoms with E-state index in [0.29, 0.717) is 30.5 Å². The number of aromatic nitrogens is 3. The van der Waals surface area contributed by atoms with Gasteiger partial charge in [0.25, 0.3) is 0 Å². The Bertz CT molecular complexity index is 1180. The third-order valence-electron chi connectivity index (χ3n) is 5.26. The number of halogens is 4. The van der Waals surface area contributed by atoms with Gasteiger partial charge in [-0.1, -0.05) is 12.1 Å². The van der Waals surface area contributed by atoms with Crippen molar-refractivity contribution in [1.82, 2.24) is 15.0 Å². The number of ether oxygens (including phenoxy) is 2. The van der Waals surface area contributed by atoms with Crippen LogP contribution in [0.4, 0.5) is 0 Å². The molecule has 3 rings (SSSR count). The first-order valence-corrected chi connectivity index (χ1v) is 15.4. The average molecular weight is 941 g/mol. The lowest BCUT2D eigenvalue weighted by atomic mass is 9.80. The summed E-state index contributed by atoms with van der Waals surface area (Å²) in [5.74, 6) is 1.92. The molecule has 0 amide bonds. The van der Waals surface area contributed by atoms with Crippen LogP contribution in [0.25, 0.3) is 0 Å². The zero-order valence-electron chi connectivity index (χ0n) is 19.5. The van der Waals surface area contributed by atoms with Crippen LogP contribution < -0.4 is 9.47 Å². The molecule has 1 heterocycles. The third-order valence-corrected chi connectivity index (χ3v) is 8.47. The molecule has 2 aromatic carbocycles. The van der Waals surface area contributed by atoms with Gasteiger partial charge in [-0.2, -0.15) is 0 Å². The Labute approximate surface area is 265 Å². The van der Waals surface area contributed by atoms with E-state index in [9.17, 15) is 4.79 Å². The lowest BCUT2D eigenvalue weighted by Crippen LogP contribution is -2.11. The summed E-state index contributed by atoms with van der Waals surface area (Å²) in [6.45, 7) is 3.19. The first-order chi connectivity index (χ1) is 17.1. The number of aliphatic hydroxyl groups excluding tert-OH is 1. The van der Waals surface area contributed by atoms with Gasteiger partial charge in [0.1, 0.15) is 19.3 Å². The van der Waals surface area contributed by atoms with Gasteiger partial charge in [0.05, 0.1) is 46.2 Å². The van der Waals surface area contributed by atoms with Crippen molar-refractivity contribution in [3.63, 3.8) is 0 Å². The molecule has 0 aliphatic rings. The molecule has 0 radical (unpaired) electrons. The minimum absolute atomic E-state index is 0.0187. The Morgan fingerprint density at radius 3 is 2.28 bits per heavy atom. The number of aliphatic hydroxyl groups is 1. The quantitative estimate of drug-likeness (QED) is 0.193. The summed E-state index contributed by atoms with van der Waals surface area (Å²) in [4.78, 5) is 11.0. The number of aliphatic carboxylic acids is 1. The molecule has 36 heavy (non-hydrogen) atoms. The monoisotopic (exact) mass is 941 g/mol. The minimum Gasteiger partial charge on any atom is -0.492 e. The highest BCUT2D eigenvalue weighted by molar-refractivity contribution is 14.1. The van der Waals surface area contributed by atoms with Gasteiger partial charge in [-0.15, -0.1) is 5.10 Å². The second kappa shape index (κ2) is 14.1. The molecule has 0 saturated heterocycles.